The molecule has 1 atom stereocenters. The minimum absolute atomic E-state index is 0.277. The molecular weight excluding hydrogens is 220 g/mol. The summed E-state index contributed by atoms with van der Waals surface area (Å²) >= 11 is 2.00. The summed E-state index contributed by atoms with van der Waals surface area (Å²) in [4.78, 5) is 0. The van der Waals surface area contributed by atoms with E-state index in [-0.39, 0.29) is 5.04 Å². The first-order valence-corrected chi connectivity index (χ1v) is 9.69. The first kappa shape index (κ1) is 13.2. The average Bonchev–Trinajstić information content (AvgIpc) is 2.51. The highest BCUT2D eigenvalue weighted by Crippen LogP contribution is 2.40. The van der Waals surface area contributed by atoms with Gasteiger partial charge >= 0.3 is 0 Å². The van der Waals surface area contributed by atoms with Crippen LogP contribution in [0.2, 0.25) is 18.1 Å². The summed E-state index contributed by atoms with van der Waals surface area (Å²) in [5.74, 6) is 2.30. The van der Waals surface area contributed by atoms with Gasteiger partial charge in [-0.05, 0) is 36.7 Å². The van der Waals surface area contributed by atoms with Crippen LogP contribution in [0.1, 0.15) is 33.6 Å². The lowest BCUT2D eigenvalue weighted by Crippen LogP contribution is -2.41. The van der Waals surface area contributed by atoms with Crippen LogP contribution in [0.3, 0.4) is 0 Å². The molecule has 88 valence electrons. The third-order valence-electron chi connectivity index (χ3n) is 3.48. The molecule has 1 fully saturated rings. The zero-order valence-corrected chi connectivity index (χ0v) is 12.5. The number of thioether (sulfide) groups is 1. The van der Waals surface area contributed by atoms with Crippen LogP contribution >= 0.6 is 11.8 Å². The van der Waals surface area contributed by atoms with Crippen molar-refractivity contribution in [2.75, 3.05) is 5.75 Å². The predicted octanol–water partition coefficient (Wildman–Crippen LogP) is 4.42. The standard InChI is InChI=1S/C12H24OSSi/c1-10(11-8-7-9-14-11)13-15(5,6)12(2,3)4/h11H,1,7-9H2,2-6H3/t11-/m1/s1. The van der Waals surface area contributed by atoms with Crippen molar-refractivity contribution in [3.8, 4) is 0 Å². The summed E-state index contributed by atoms with van der Waals surface area (Å²) in [5.41, 5.74) is 0. The molecule has 1 rings (SSSR count). The summed E-state index contributed by atoms with van der Waals surface area (Å²) < 4.78 is 6.21. The van der Waals surface area contributed by atoms with Gasteiger partial charge in [0.2, 0.25) is 8.32 Å². The highest BCUT2D eigenvalue weighted by Gasteiger charge is 2.40. The van der Waals surface area contributed by atoms with Crippen LogP contribution in [0.4, 0.5) is 0 Å². The van der Waals surface area contributed by atoms with Gasteiger partial charge in [-0.25, -0.2) is 0 Å². The minimum Gasteiger partial charge on any atom is -0.546 e. The van der Waals surface area contributed by atoms with Gasteiger partial charge in [-0.3, -0.25) is 0 Å². The van der Waals surface area contributed by atoms with Gasteiger partial charge in [0, 0.05) is 0 Å². The maximum atomic E-state index is 6.21. The molecule has 0 aromatic rings. The van der Waals surface area contributed by atoms with E-state index in [1.54, 1.807) is 0 Å². The Morgan fingerprint density at radius 2 is 2.00 bits per heavy atom. The smallest absolute Gasteiger partial charge is 0.250 e. The molecule has 0 aliphatic carbocycles. The normalized spacial score (nSPS) is 22.9. The first-order valence-electron chi connectivity index (χ1n) is 5.73. The van der Waals surface area contributed by atoms with E-state index in [2.05, 4.69) is 40.4 Å². The fraction of sp³-hybridized carbons (Fsp3) is 0.833. The molecule has 1 aliphatic heterocycles. The SMILES string of the molecule is C=C(O[Si](C)(C)C(C)(C)C)[C@H]1CCCS1. The van der Waals surface area contributed by atoms with Gasteiger partial charge in [0.15, 0.2) is 0 Å². The predicted molar refractivity (Wildman–Crippen MR) is 72.9 cm³/mol. The van der Waals surface area contributed by atoms with Crippen LogP contribution < -0.4 is 0 Å². The summed E-state index contributed by atoms with van der Waals surface area (Å²) in [6.07, 6.45) is 2.56. The van der Waals surface area contributed by atoms with E-state index < -0.39 is 8.32 Å². The van der Waals surface area contributed by atoms with Gasteiger partial charge in [-0.15, -0.1) is 0 Å². The van der Waals surface area contributed by atoms with Crippen molar-refractivity contribution in [1.82, 2.24) is 0 Å². The Kier molecular flexibility index (Phi) is 3.99. The van der Waals surface area contributed by atoms with Gasteiger partial charge in [-0.1, -0.05) is 27.4 Å². The van der Waals surface area contributed by atoms with Crippen molar-refractivity contribution < 1.29 is 4.43 Å². The summed E-state index contributed by atoms with van der Waals surface area (Å²) in [7, 11) is -1.65. The Morgan fingerprint density at radius 3 is 2.40 bits per heavy atom. The van der Waals surface area contributed by atoms with Crippen LogP contribution in [-0.2, 0) is 4.43 Å². The highest BCUT2D eigenvalue weighted by atomic mass is 32.2. The fourth-order valence-corrected chi connectivity index (χ4v) is 3.75. The average molecular weight is 244 g/mol. The van der Waals surface area contributed by atoms with Crippen LogP contribution in [0, 0.1) is 0 Å². The summed E-state index contributed by atoms with van der Waals surface area (Å²) in [5, 5.41) is 0.832. The molecule has 15 heavy (non-hydrogen) atoms. The van der Waals surface area contributed by atoms with E-state index in [0.29, 0.717) is 5.25 Å². The Labute approximate surface area is 99.8 Å². The molecule has 1 saturated heterocycles. The zero-order valence-electron chi connectivity index (χ0n) is 10.7. The Hall–Kier alpha value is 0.107. The van der Waals surface area contributed by atoms with Crippen molar-refractivity contribution in [1.29, 1.82) is 0 Å². The van der Waals surface area contributed by atoms with Crippen LogP contribution in [-0.4, -0.2) is 19.3 Å². The Balaban J connectivity index is 2.57. The van der Waals surface area contributed by atoms with E-state index in [9.17, 15) is 0 Å². The van der Waals surface area contributed by atoms with Gasteiger partial charge in [-0.2, -0.15) is 11.8 Å². The van der Waals surface area contributed by atoms with Gasteiger partial charge in [0.05, 0.1) is 11.0 Å². The molecule has 0 amide bonds. The van der Waals surface area contributed by atoms with Crippen LogP contribution in [0.25, 0.3) is 0 Å². The van der Waals surface area contributed by atoms with Gasteiger partial charge in [0.1, 0.15) is 0 Å². The molecule has 0 spiro atoms. The molecule has 1 aliphatic rings. The second-order valence-corrected chi connectivity index (χ2v) is 11.9. The number of rotatable bonds is 3. The lowest BCUT2D eigenvalue weighted by molar-refractivity contribution is 0.371. The van der Waals surface area contributed by atoms with E-state index in [0.717, 1.165) is 5.76 Å². The zero-order chi connectivity index (χ0) is 11.7. The molecule has 0 saturated carbocycles. The van der Waals surface area contributed by atoms with E-state index in [1.807, 2.05) is 11.8 Å². The Bertz CT molecular complexity index is 236. The third-order valence-corrected chi connectivity index (χ3v) is 9.29. The lowest BCUT2D eigenvalue weighted by Gasteiger charge is -2.38. The van der Waals surface area contributed by atoms with E-state index in [4.69, 9.17) is 4.43 Å². The molecule has 0 unspecified atom stereocenters. The first-order chi connectivity index (χ1) is 6.74. The number of hydrogen-bond acceptors (Lipinski definition) is 2. The van der Waals surface area contributed by atoms with Crippen molar-refractivity contribution in [3.05, 3.63) is 12.3 Å². The lowest BCUT2D eigenvalue weighted by atomic mass is 10.2. The quantitative estimate of drug-likeness (QED) is 0.537. The van der Waals surface area contributed by atoms with Gasteiger partial charge < -0.3 is 4.43 Å². The highest BCUT2D eigenvalue weighted by molar-refractivity contribution is 8.00. The topological polar surface area (TPSA) is 9.23 Å². The van der Waals surface area contributed by atoms with E-state index in [1.165, 1.54) is 18.6 Å². The third kappa shape index (κ3) is 3.28. The second kappa shape index (κ2) is 4.54. The van der Waals surface area contributed by atoms with Crippen LogP contribution in [0.5, 0.6) is 0 Å². The molecule has 0 aromatic carbocycles. The molecular formula is C12H24OSSi. The second-order valence-electron chi connectivity index (χ2n) is 5.83. The molecule has 1 heterocycles. The van der Waals surface area contributed by atoms with Gasteiger partial charge in [0.25, 0.3) is 0 Å². The minimum atomic E-state index is -1.65. The monoisotopic (exact) mass is 244 g/mol. The maximum Gasteiger partial charge on any atom is 0.250 e. The maximum absolute atomic E-state index is 6.21. The fourth-order valence-electron chi connectivity index (χ4n) is 1.38. The largest absolute Gasteiger partial charge is 0.546 e. The van der Waals surface area contributed by atoms with Crippen molar-refractivity contribution in [3.63, 3.8) is 0 Å². The molecule has 0 bridgehead atoms. The molecule has 0 radical (unpaired) electrons. The molecule has 0 aromatic heterocycles. The van der Waals surface area contributed by atoms with Crippen molar-refractivity contribution in [2.45, 2.75) is 57.0 Å². The number of hydrogen-bond donors (Lipinski definition) is 0. The summed E-state index contributed by atoms with van der Waals surface area (Å²) in [6, 6.07) is 0. The van der Waals surface area contributed by atoms with Crippen LogP contribution in [0.15, 0.2) is 12.3 Å². The van der Waals surface area contributed by atoms with E-state index >= 15 is 0 Å². The summed E-state index contributed by atoms with van der Waals surface area (Å²) in [6.45, 7) is 15.5. The Morgan fingerprint density at radius 1 is 1.40 bits per heavy atom. The van der Waals surface area contributed by atoms with Crippen molar-refractivity contribution in [2.24, 2.45) is 0 Å². The van der Waals surface area contributed by atoms with Crippen molar-refractivity contribution >= 4 is 20.1 Å². The molecule has 0 N–H and O–H groups in total. The molecule has 1 nitrogen and oxygen atoms in total. The molecule has 3 heteroatoms.